The molecule has 7 heteroatoms. The van der Waals surface area contributed by atoms with E-state index in [1.54, 1.807) is 18.7 Å². The molecule has 0 aliphatic carbocycles. The SMILES string of the molecule is O=C(NCCn1ccnc1)N1CCc2c(F)ccc(F)c2C1. The number of fused-ring (bicyclic) bond motifs is 1. The molecule has 1 N–H and O–H groups in total. The predicted octanol–water partition coefficient (Wildman–Crippen LogP) is 1.93. The first-order chi connectivity index (χ1) is 10.6. The molecule has 116 valence electrons. The number of amides is 2. The Morgan fingerprint density at radius 2 is 2.05 bits per heavy atom. The van der Waals surface area contributed by atoms with Gasteiger partial charge in [0.25, 0.3) is 0 Å². The van der Waals surface area contributed by atoms with E-state index < -0.39 is 11.6 Å². The summed E-state index contributed by atoms with van der Waals surface area (Å²) in [4.78, 5) is 17.5. The minimum Gasteiger partial charge on any atom is -0.336 e. The Kier molecular flexibility index (Phi) is 4.04. The van der Waals surface area contributed by atoms with Crippen LogP contribution in [0.4, 0.5) is 13.6 Å². The van der Waals surface area contributed by atoms with Gasteiger partial charge in [-0.1, -0.05) is 0 Å². The molecule has 0 unspecified atom stereocenters. The summed E-state index contributed by atoms with van der Waals surface area (Å²) >= 11 is 0. The Balaban J connectivity index is 1.59. The Morgan fingerprint density at radius 1 is 1.27 bits per heavy atom. The number of aromatic nitrogens is 2. The molecule has 0 bridgehead atoms. The number of rotatable bonds is 3. The average molecular weight is 306 g/mol. The molecule has 0 saturated heterocycles. The molecule has 3 rings (SSSR count). The Morgan fingerprint density at radius 3 is 2.77 bits per heavy atom. The molecule has 5 nitrogen and oxygen atoms in total. The van der Waals surface area contributed by atoms with Crippen LogP contribution in [0.3, 0.4) is 0 Å². The maximum absolute atomic E-state index is 13.8. The van der Waals surface area contributed by atoms with E-state index in [2.05, 4.69) is 10.3 Å². The standard InChI is InChI=1S/C15H16F2N4O/c16-13-1-2-14(17)12-9-21(6-3-11(12)13)15(22)19-5-8-20-7-4-18-10-20/h1-2,4,7,10H,3,5-6,8-9H2,(H,19,22). The van der Waals surface area contributed by atoms with Crippen LogP contribution >= 0.6 is 0 Å². The molecule has 22 heavy (non-hydrogen) atoms. The number of carbonyl (C=O) groups is 1. The number of halogens is 2. The number of nitrogens with zero attached hydrogens (tertiary/aromatic N) is 3. The molecule has 0 atom stereocenters. The highest BCUT2D eigenvalue weighted by molar-refractivity contribution is 5.74. The Labute approximate surface area is 126 Å². The van der Waals surface area contributed by atoms with Crippen molar-refractivity contribution in [1.29, 1.82) is 0 Å². The van der Waals surface area contributed by atoms with Gasteiger partial charge < -0.3 is 14.8 Å². The zero-order valence-electron chi connectivity index (χ0n) is 11.9. The third-order valence-electron chi connectivity index (χ3n) is 3.79. The van der Waals surface area contributed by atoms with E-state index in [-0.39, 0.29) is 18.1 Å². The molecule has 1 aliphatic rings. The molecule has 1 aromatic carbocycles. The van der Waals surface area contributed by atoms with E-state index in [0.29, 0.717) is 31.6 Å². The fourth-order valence-corrected chi connectivity index (χ4v) is 2.59. The summed E-state index contributed by atoms with van der Waals surface area (Å²) < 4.78 is 29.3. The first-order valence-electron chi connectivity index (χ1n) is 7.09. The van der Waals surface area contributed by atoms with Crippen molar-refractivity contribution in [1.82, 2.24) is 19.8 Å². The molecular formula is C15H16F2N4O. The topological polar surface area (TPSA) is 50.2 Å². The molecular weight excluding hydrogens is 290 g/mol. The van der Waals surface area contributed by atoms with Gasteiger partial charge in [-0.2, -0.15) is 0 Å². The quantitative estimate of drug-likeness (QED) is 0.942. The van der Waals surface area contributed by atoms with Crippen LogP contribution in [0.1, 0.15) is 11.1 Å². The minimum absolute atomic E-state index is 0.0931. The van der Waals surface area contributed by atoms with Crippen LogP contribution in [-0.2, 0) is 19.5 Å². The van der Waals surface area contributed by atoms with Gasteiger partial charge in [0.15, 0.2) is 0 Å². The van der Waals surface area contributed by atoms with Crippen LogP contribution in [0.5, 0.6) is 0 Å². The lowest BCUT2D eigenvalue weighted by molar-refractivity contribution is 0.190. The average Bonchev–Trinajstić information content (AvgIpc) is 3.04. The fraction of sp³-hybridized carbons (Fsp3) is 0.333. The van der Waals surface area contributed by atoms with Gasteiger partial charge >= 0.3 is 6.03 Å². The summed E-state index contributed by atoms with van der Waals surface area (Å²) in [5.74, 6) is -0.871. The van der Waals surface area contributed by atoms with Gasteiger partial charge in [0.1, 0.15) is 11.6 Å². The van der Waals surface area contributed by atoms with Crippen molar-refractivity contribution in [3.05, 3.63) is 53.6 Å². The summed E-state index contributed by atoms with van der Waals surface area (Å²) in [6.07, 6.45) is 5.47. The molecule has 0 radical (unpaired) electrons. The highest BCUT2D eigenvalue weighted by atomic mass is 19.1. The summed E-state index contributed by atoms with van der Waals surface area (Å²) in [6.45, 7) is 1.53. The molecule has 0 spiro atoms. The number of benzene rings is 1. The van der Waals surface area contributed by atoms with E-state index in [1.807, 2.05) is 4.57 Å². The van der Waals surface area contributed by atoms with E-state index in [9.17, 15) is 13.6 Å². The van der Waals surface area contributed by atoms with Gasteiger partial charge in [-0.25, -0.2) is 18.6 Å². The summed E-state index contributed by atoms with van der Waals surface area (Å²) in [5, 5.41) is 2.78. The number of hydrogen-bond donors (Lipinski definition) is 1. The normalized spacial score (nSPS) is 13.8. The minimum atomic E-state index is -0.465. The summed E-state index contributed by atoms with van der Waals surface area (Å²) in [7, 11) is 0. The summed E-state index contributed by atoms with van der Waals surface area (Å²) in [6, 6.07) is 1.97. The van der Waals surface area contributed by atoms with Crippen LogP contribution in [0.15, 0.2) is 30.9 Å². The molecule has 0 saturated carbocycles. The Bertz CT molecular complexity index is 672. The second kappa shape index (κ2) is 6.13. The monoisotopic (exact) mass is 306 g/mol. The van der Waals surface area contributed by atoms with Crippen molar-refractivity contribution >= 4 is 6.03 Å². The van der Waals surface area contributed by atoms with Crippen LogP contribution in [0.25, 0.3) is 0 Å². The van der Waals surface area contributed by atoms with Crippen LogP contribution in [-0.4, -0.2) is 33.6 Å². The second-order valence-corrected chi connectivity index (χ2v) is 5.19. The second-order valence-electron chi connectivity index (χ2n) is 5.19. The molecule has 0 fully saturated rings. The third-order valence-corrected chi connectivity index (χ3v) is 3.79. The maximum atomic E-state index is 13.8. The largest absolute Gasteiger partial charge is 0.336 e. The van der Waals surface area contributed by atoms with E-state index >= 15 is 0 Å². The molecule has 2 heterocycles. The van der Waals surface area contributed by atoms with Crippen molar-refractivity contribution in [2.45, 2.75) is 19.5 Å². The lowest BCUT2D eigenvalue weighted by atomic mass is 9.99. The van der Waals surface area contributed by atoms with Crippen LogP contribution in [0.2, 0.25) is 0 Å². The van der Waals surface area contributed by atoms with Crippen molar-refractivity contribution in [3.8, 4) is 0 Å². The van der Waals surface area contributed by atoms with Crippen molar-refractivity contribution in [2.75, 3.05) is 13.1 Å². The number of urea groups is 1. The first kappa shape index (κ1) is 14.5. The molecule has 1 aliphatic heterocycles. The lowest BCUT2D eigenvalue weighted by Crippen LogP contribution is -2.44. The van der Waals surface area contributed by atoms with Gasteiger partial charge in [0.2, 0.25) is 0 Å². The lowest BCUT2D eigenvalue weighted by Gasteiger charge is -2.29. The van der Waals surface area contributed by atoms with Gasteiger partial charge in [-0.3, -0.25) is 0 Å². The fourth-order valence-electron chi connectivity index (χ4n) is 2.59. The number of hydrogen-bond acceptors (Lipinski definition) is 2. The van der Waals surface area contributed by atoms with E-state index in [4.69, 9.17) is 0 Å². The number of carbonyl (C=O) groups excluding carboxylic acids is 1. The van der Waals surface area contributed by atoms with Crippen molar-refractivity contribution in [2.24, 2.45) is 0 Å². The maximum Gasteiger partial charge on any atom is 0.317 e. The van der Waals surface area contributed by atoms with Gasteiger partial charge in [-0.15, -0.1) is 0 Å². The van der Waals surface area contributed by atoms with Gasteiger partial charge in [-0.05, 0) is 24.1 Å². The zero-order valence-corrected chi connectivity index (χ0v) is 11.9. The highest BCUT2D eigenvalue weighted by Gasteiger charge is 2.25. The van der Waals surface area contributed by atoms with E-state index in [0.717, 1.165) is 12.1 Å². The third kappa shape index (κ3) is 2.93. The van der Waals surface area contributed by atoms with Crippen molar-refractivity contribution in [3.63, 3.8) is 0 Å². The Hall–Kier alpha value is -2.44. The van der Waals surface area contributed by atoms with Crippen LogP contribution < -0.4 is 5.32 Å². The molecule has 1 aromatic heterocycles. The first-order valence-corrected chi connectivity index (χ1v) is 7.09. The molecule has 2 amide bonds. The van der Waals surface area contributed by atoms with Crippen LogP contribution in [0, 0.1) is 11.6 Å². The smallest absolute Gasteiger partial charge is 0.317 e. The number of nitrogens with one attached hydrogen (secondary N) is 1. The number of imidazole rings is 1. The van der Waals surface area contributed by atoms with Crippen molar-refractivity contribution < 1.29 is 13.6 Å². The van der Waals surface area contributed by atoms with Gasteiger partial charge in [0.05, 0.1) is 12.9 Å². The van der Waals surface area contributed by atoms with E-state index in [1.165, 1.54) is 4.90 Å². The molecule has 2 aromatic rings. The zero-order chi connectivity index (χ0) is 15.5. The summed E-state index contributed by atoms with van der Waals surface area (Å²) in [5.41, 5.74) is 0.651. The van der Waals surface area contributed by atoms with Gasteiger partial charge in [0, 0.05) is 37.6 Å². The highest BCUT2D eigenvalue weighted by Crippen LogP contribution is 2.24. The predicted molar refractivity (Wildman–Crippen MR) is 76.1 cm³/mol.